The maximum absolute atomic E-state index is 13.4. The van der Waals surface area contributed by atoms with Crippen molar-refractivity contribution in [3.8, 4) is 5.75 Å². The smallest absolute Gasteiger partial charge is 0.232 e. The van der Waals surface area contributed by atoms with E-state index in [0.717, 1.165) is 74.5 Å². The number of likely N-dealkylation sites (tertiary alicyclic amines) is 2. The molecule has 1 atom stereocenters. The van der Waals surface area contributed by atoms with E-state index in [1.54, 1.807) is 7.11 Å². The highest BCUT2D eigenvalue weighted by Crippen LogP contribution is 2.43. The fourth-order valence-corrected chi connectivity index (χ4v) is 8.74. The number of hydrogen-bond acceptors (Lipinski definition) is 6. The second kappa shape index (κ2) is 17.6. The van der Waals surface area contributed by atoms with Crippen LogP contribution in [0.25, 0.3) is 0 Å². The lowest BCUT2D eigenvalue weighted by Gasteiger charge is -2.39. The molecule has 1 saturated carbocycles. The normalized spacial score (nSPS) is 19.4. The monoisotopic (exact) mass is 665 g/mol. The number of benzene rings is 2. The fourth-order valence-electron chi connectivity index (χ4n) is 8.74. The fraction of sp³-hybridized carbons (Fsp3) is 0.571. The molecule has 3 heterocycles. The van der Waals surface area contributed by atoms with Crippen LogP contribution in [0.4, 0.5) is 0 Å². The molecule has 1 aromatic heterocycles. The third-order valence-corrected chi connectivity index (χ3v) is 11.6. The molecule has 264 valence electrons. The Hall–Kier alpha value is -3.26. The van der Waals surface area contributed by atoms with E-state index in [0.29, 0.717) is 0 Å². The number of carbonyl (C=O) groups excluding carboxylic acids is 1. The van der Waals surface area contributed by atoms with E-state index in [2.05, 4.69) is 43.9 Å². The number of pyridine rings is 1. The lowest BCUT2D eigenvalue weighted by molar-refractivity contribution is -0.123. The molecule has 2 saturated heterocycles. The number of carbonyl (C=O) groups is 1. The van der Waals surface area contributed by atoms with E-state index in [9.17, 15) is 4.79 Å². The van der Waals surface area contributed by atoms with E-state index in [-0.39, 0.29) is 11.8 Å². The number of nitrogens with zero attached hydrogens (tertiary/aromatic N) is 4. The zero-order valence-corrected chi connectivity index (χ0v) is 29.9. The van der Waals surface area contributed by atoms with Gasteiger partial charge >= 0.3 is 0 Å². The molecule has 6 rings (SSSR count). The Labute approximate surface area is 295 Å². The first kappa shape index (κ1) is 35.6. The van der Waals surface area contributed by atoms with Crippen molar-refractivity contribution in [1.82, 2.24) is 19.7 Å². The van der Waals surface area contributed by atoms with Crippen LogP contribution in [0.2, 0.25) is 0 Å². The van der Waals surface area contributed by atoms with Gasteiger partial charge in [-0.3, -0.25) is 14.7 Å². The molecule has 3 aliphatic rings. The van der Waals surface area contributed by atoms with Gasteiger partial charge in [-0.05, 0) is 107 Å². The maximum Gasteiger partial charge on any atom is 0.232 e. The first-order chi connectivity index (χ1) is 24.1. The predicted molar refractivity (Wildman–Crippen MR) is 198 cm³/mol. The molecule has 3 fully saturated rings. The second-order valence-corrected chi connectivity index (χ2v) is 14.9. The number of aromatic nitrogens is 1. The Kier molecular flexibility index (Phi) is 12.8. The van der Waals surface area contributed by atoms with E-state index < -0.39 is 5.41 Å². The molecule has 7 nitrogen and oxygen atoms in total. The Morgan fingerprint density at radius 1 is 0.837 bits per heavy atom. The molecule has 2 aliphatic heterocycles. The second-order valence-electron chi connectivity index (χ2n) is 14.9. The summed E-state index contributed by atoms with van der Waals surface area (Å²) in [4.78, 5) is 25.7. The molecule has 0 spiro atoms. The Balaban J connectivity index is 0.900. The van der Waals surface area contributed by atoms with Gasteiger partial charge in [-0.15, -0.1) is 0 Å². The van der Waals surface area contributed by atoms with Crippen LogP contribution in [0.3, 0.4) is 0 Å². The first-order valence-electron chi connectivity index (χ1n) is 19.1. The lowest BCUT2D eigenvalue weighted by atomic mass is 9.64. The predicted octanol–water partition coefficient (Wildman–Crippen LogP) is 6.90. The van der Waals surface area contributed by atoms with Gasteiger partial charge in [-0.1, -0.05) is 86.3 Å². The van der Waals surface area contributed by atoms with Gasteiger partial charge in [0, 0.05) is 43.6 Å². The summed E-state index contributed by atoms with van der Waals surface area (Å²) in [6.45, 7) is 8.87. The lowest BCUT2D eigenvalue weighted by Crippen LogP contribution is -2.49. The summed E-state index contributed by atoms with van der Waals surface area (Å²) in [5.74, 6) is 1.83. The van der Waals surface area contributed by atoms with Crippen molar-refractivity contribution in [3.05, 3.63) is 95.8 Å². The van der Waals surface area contributed by atoms with Gasteiger partial charge in [0.1, 0.15) is 11.2 Å². The largest absolute Gasteiger partial charge is 0.496 e. The van der Waals surface area contributed by atoms with Crippen LogP contribution < -0.4 is 10.5 Å². The maximum atomic E-state index is 13.4. The number of rotatable bonds is 19. The van der Waals surface area contributed by atoms with Gasteiger partial charge < -0.3 is 20.3 Å². The van der Waals surface area contributed by atoms with E-state index >= 15 is 0 Å². The average molecular weight is 666 g/mol. The third kappa shape index (κ3) is 9.11. The highest BCUT2D eigenvalue weighted by molar-refractivity contribution is 5.91. The van der Waals surface area contributed by atoms with Crippen LogP contribution in [0.5, 0.6) is 5.75 Å². The molecule has 0 unspecified atom stereocenters. The van der Waals surface area contributed by atoms with E-state index in [1.165, 1.54) is 82.9 Å². The van der Waals surface area contributed by atoms with Gasteiger partial charge in [-0.25, -0.2) is 0 Å². The van der Waals surface area contributed by atoms with Gasteiger partial charge in [0.25, 0.3) is 0 Å². The zero-order chi connectivity index (χ0) is 33.9. The van der Waals surface area contributed by atoms with Crippen molar-refractivity contribution >= 4 is 5.91 Å². The van der Waals surface area contributed by atoms with E-state index in [4.69, 9.17) is 10.5 Å². The minimum absolute atomic E-state index is 0.172. The van der Waals surface area contributed by atoms with Crippen LogP contribution in [-0.4, -0.2) is 84.6 Å². The van der Waals surface area contributed by atoms with Gasteiger partial charge in [0.05, 0.1) is 7.11 Å². The van der Waals surface area contributed by atoms with Crippen LogP contribution >= 0.6 is 0 Å². The summed E-state index contributed by atoms with van der Waals surface area (Å²) in [6, 6.07) is 23.2. The number of ether oxygens (including phenoxy) is 1. The molecule has 2 aromatic carbocycles. The summed E-state index contributed by atoms with van der Waals surface area (Å²) in [5.41, 5.74) is 8.73. The number of hydrogen-bond donors (Lipinski definition) is 1. The summed E-state index contributed by atoms with van der Waals surface area (Å²) < 4.78 is 5.56. The van der Waals surface area contributed by atoms with Crippen LogP contribution in [0.1, 0.15) is 87.3 Å². The van der Waals surface area contributed by atoms with Crippen molar-refractivity contribution < 1.29 is 9.53 Å². The summed E-state index contributed by atoms with van der Waals surface area (Å²) >= 11 is 0. The average Bonchev–Trinajstić information content (AvgIpc) is 3.84. The number of piperidine rings is 1. The number of nitrogens with two attached hydrogens (primary N) is 1. The summed E-state index contributed by atoms with van der Waals surface area (Å²) in [7, 11) is 1.75. The number of methoxy groups -OCH3 is 1. The molecular formula is C42H59N5O2. The van der Waals surface area contributed by atoms with Crippen molar-refractivity contribution in [1.29, 1.82) is 0 Å². The van der Waals surface area contributed by atoms with E-state index in [1.807, 2.05) is 54.9 Å². The zero-order valence-electron chi connectivity index (χ0n) is 29.9. The molecular weight excluding hydrogens is 606 g/mol. The molecule has 49 heavy (non-hydrogen) atoms. The molecule has 0 radical (unpaired) electrons. The molecule has 1 amide bonds. The number of primary amides is 1. The first-order valence-corrected chi connectivity index (χ1v) is 19.1. The molecule has 2 N–H and O–H groups in total. The minimum atomic E-state index is -0.796. The van der Waals surface area contributed by atoms with Crippen LogP contribution in [0.15, 0.2) is 79.1 Å². The topological polar surface area (TPSA) is 74.9 Å². The molecule has 0 bridgehead atoms. The summed E-state index contributed by atoms with van der Waals surface area (Å²) in [6.07, 6.45) is 18.0. The Morgan fingerprint density at radius 3 is 2.10 bits per heavy atom. The Morgan fingerprint density at radius 2 is 1.47 bits per heavy atom. The van der Waals surface area contributed by atoms with Crippen molar-refractivity contribution in [2.75, 3.05) is 52.9 Å². The number of amides is 1. The van der Waals surface area contributed by atoms with Crippen LogP contribution in [0, 0.1) is 11.8 Å². The number of unbranched alkanes of at least 4 members (excludes halogenated alkanes) is 5. The van der Waals surface area contributed by atoms with Crippen molar-refractivity contribution in [2.24, 2.45) is 17.6 Å². The van der Waals surface area contributed by atoms with Gasteiger partial charge in [0.2, 0.25) is 5.91 Å². The quantitative estimate of drug-likeness (QED) is 0.141. The summed E-state index contributed by atoms with van der Waals surface area (Å²) in [5, 5.41) is 0. The molecule has 3 aromatic rings. The highest BCUT2D eigenvalue weighted by Gasteiger charge is 2.49. The van der Waals surface area contributed by atoms with Crippen molar-refractivity contribution in [3.63, 3.8) is 0 Å². The van der Waals surface area contributed by atoms with Gasteiger partial charge in [-0.2, -0.15) is 0 Å². The highest BCUT2D eigenvalue weighted by atomic mass is 16.5. The standard InChI is InChI=1S/C42H59N5O2/c1-49-40-20-24-44-30-35(40)32-46-28-22-39(23-29-46)47(31-34-18-19-34)26-13-5-3-2-4-12-25-45-27-21-38(33-45)42(41(43)48,36-14-8-6-9-15-36)37-16-10-7-11-17-37/h6-11,14-17,20,24,30,34,38-39H,2-5,12-13,18-19,21-23,25-29,31-33H2,1H3,(H2,43,48)/t38-/m1/s1. The minimum Gasteiger partial charge on any atom is -0.496 e. The molecule has 1 aliphatic carbocycles. The van der Waals surface area contributed by atoms with Gasteiger partial charge in [0.15, 0.2) is 0 Å². The SMILES string of the molecule is COc1ccncc1CN1CCC(N(CCCCCCCCN2CC[C@@H](C(C(N)=O)(c3ccccc3)c3ccccc3)C2)CC2CC2)CC1. The van der Waals surface area contributed by atoms with Crippen LogP contribution in [-0.2, 0) is 16.8 Å². The molecule has 7 heteroatoms. The Bertz CT molecular complexity index is 1380. The third-order valence-electron chi connectivity index (χ3n) is 11.6. The van der Waals surface area contributed by atoms with Crippen molar-refractivity contribution in [2.45, 2.75) is 88.6 Å².